The van der Waals surface area contributed by atoms with E-state index in [1.165, 1.54) is 5.56 Å². The SMILES string of the molecule is Cc1ccc(C)c(C(C)(O)Cc2cccc(Br)c2)c1. The minimum Gasteiger partial charge on any atom is -0.385 e. The standard InChI is InChI=1S/C17H19BrO/c1-12-7-8-13(2)16(9-12)17(3,19)11-14-5-4-6-15(18)10-14/h4-10,19H,11H2,1-3H3. The van der Waals surface area contributed by atoms with Crippen LogP contribution < -0.4 is 0 Å². The third-order valence-electron chi connectivity index (χ3n) is 3.41. The number of hydrogen-bond donors (Lipinski definition) is 1. The Morgan fingerprint density at radius 3 is 2.53 bits per heavy atom. The van der Waals surface area contributed by atoms with E-state index in [-0.39, 0.29) is 0 Å². The number of aliphatic hydroxyl groups is 1. The van der Waals surface area contributed by atoms with Gasteiger partial charge in [0.1, 0.15) is 0 Å². The number of halogens is 1. The number of aryl methyl sites for hydroxylation is 2. The molecule has 0 radical (unpaired) electrons. The highest BCUT2D eigenvalue weighted by Crippen LogP contribution is 2.29. The molecule has 0 bridgehead atoms. The first-order chi connectivity index (χ1) is 8.88. The van der Waals surface area contributed by atoms with Gasteiger partial charge >= 0.3 is 0 Å². The van der Waals surface area contributed by atoms with Gasteiger partial charge in [-0.15, -0.1) is 0 Å². The van der Waals surface area contributed by atoms with E-state index in [9.17, 15) is 5.11 Å². The first kappa shape index (κ1) is 14.3. The van der Waals surface area contributed by atoms with Crippen LogP contribution in [-0.2, 0) is 12.0 Å². The number of benzene rings is 2. The fourth-order valence-electron chi connectivity index (χ4n) is 2.46. The van der Waals surface area contributed by atoms with Crippen molar-refractivity contribution in [3.8, 4) is 0 Å². The molecule has 1 nitrogen and oxygen atoms in total. The lowest BCUT2D eigenvalue weighted by Crippen LogP contribution is -2.25. The summed E-state index contributed by atoms with van der Waals surface area (Å²) in [4.78, 5) is 0. The molecule has 19 heavy (non-hydrogen) atoms. The highest BCUT2D eigenvalue weighted by molar-refractivity contribution is 9.10. The Morgan fingerprint density at radius 2 is 1.84 bits per heavy atom. The minimum absolute atomic E-state index is 0.608. The highest BCUT2D eigenvalue weighted by Gasteiger charge is 2.25. The van der Waals surface area contributed by atoms with Crippen molar-refractivity contribution in [1.29, 1.82) is 0 Å². The summed E-state index contributed by atoms with van der Waals surface area (Å²) < 4.78 is 1.04. The monoisotopic (exact) mass is 318 g/mol. The summed E-state index contributed by atoms with van der Waals surface area (Å²) in [7, 11) is 0. The molecular weight excluding hydrogens is 300 g/mol. The third-order valence-corrected chi connectivity index (χ3v) is 3.90. The number of hydrogen-bond acceptors (Lipinski definition) is 1. The summed E-state index contributed by atoms with van der Waals surface area (Å²) in [5.74, 6) is 0. The van der Waals surface area contributed by atoms with Crippen molar-refractivity contribution in [2.75, 3.05) is 0 Å². The lowest BCUT2D eigenvalue weighted by atomic mass is 9.85. The average Bonchev–Trinajstić information content (AvgIpc) is 2.31. The zero-order chi connectivity index (χ0) is 14.0. The van der Waals surface area contributed by atoms with Crippen LogP contribution in [0.25, 0.3) is 0 Å². The van der Waals surface area contributed by atoms with Gasteiger partial charge in [-0.05, 0) is 49.6 Å². The van der Waals surface area contributed by atoms with Gasteiger partial charge in [0.15, 0.2) is 0 Å². The van der Waals surface area contributed by atoms with E-state index in [1.807, 2.05) is 32.0 Å². The Bertz CT molecular complexity index is 588. The molecule has 0 saturated carbocycles. The van der Waals surface area contributed by atoms with Gasteiger partial charge in [-0.25, -0.2) is 0 Å². The van der Waals surface area contributed by atoms with E-state index in [0.717, 1.165) is 21.2 Å². The second kappa shape index (κ2) is 5.48. The van der Waals surface area contributed by atoms with Crippen LogP contribution in [0.15, 0.2) is 46.9 Å². The maximum absolute atomic E-state index is 10.8. The van der Waals surface area contributed by atoms with Gasteiger partial charge in [0.25, 0.3) is 0 Å². The lowest BCUT2D eigenvalue weighted by Gasteiger charge is -2.26. The van der Waals surface area contributed by atoms with E-state index in [2.05, 4.69) is 47.1 Å². The molecule has 0 heterocycles. The zero-order valence-corrected chi connectivity index (χ0v) is 13.2. The van der Waals surface area contributed by atoms with E-state index >= 15 is 0 Å². The Balaban J connectivity index is 2.34. The highest BCUT2D eigenvalue weighted by atomic mass is 79.9. The molecule has 2 rings (SSSR count). The fraction of sp³-hybridized carbons (Fsp3) is 0.294. The maximum atomic E-state index is 10.8. The van der Waals surface area contributed by atoms with E-state index < -0.39 is 5.60 Å². The summed E-state index contributed by atoms with van der Waals surface area (Å²) in [5, 5.41) is 10.8. The van der Waals surface area contributed by atoms with Crippen molar-refractivity contribution < 1.29 is 5.11 Å². The van der Waals surface area contributed by atoms with Crippen LogP contribution in [0.1, 0.15) is 29.2 Å². The molecular formula is C17H19BrO. The molecule has 2 heteroatoms. The molecule has 0 aliphatic heterocycles. The zero-order valence-electron chi connectivity index (χ0n) is 11.6. The van der Waals surface area contributed by atoms with Crippen molar-refractivity contribution in [3.05, 3.63) is 69.2 Å². The van der Waals surface area contributed by atoms with Crippen LogP contribution in [-0.4, -0.2) is 5.11 Å². The minimum atomic E-state index is -0.850. The second-order valence-corrected chi connectivity index (χ2v) is 6.31. The maximum Gasteiger partial charge on any atom is 0.0911 e. The van der Waals surface area contributed by atoms with Gasteiger partial charge in [0, 0.05) is 10.9 Å². The first-order valence-electron chi connectivity index (χ1n) is 6.43. The van der Waals surface area contributed by atoms with E-state index in [4.69, 9.17) is 0 Å². The molecule has 0 saturated heterocycles. The molecule has 100 valence electrons. The molecule has 0 aliphatic carbocycles. The molecule has 0 spiro atoms. The van der Waals surface area contributed by atoms with Gasteiger partial charge < -0.3 is 5.11 Å². The Hall–Kier alpha value is -1.12. The van der Waals surface area contributed by atoms with Crippen LogP contribution in [0.5, 0.6) is 0 Å². The van der Waals surface area contributed by atoms with Crippen molar-refractivity contribution in [3.63, 3.8) is 0 Å². The summed E-state index contributed by atoms with van der Waals surface area (Å²) in [5.41, 5.74) is 3.59. The normalized spacial score (nSPS) is 14.2. The predicted molar refractivity (Wildman–Crippen MR) is 83.3 cm³/mol. The smallest absolute Gasteiger partial charge is 0.0911 e. The lowest BCUT2D eigenvalue weighted by molar-refractivity contribution is 0.0569. The first-order valence-corrected chi connectivity index (χ1v) is 7.22. The van der Waals surface area contributed by atoms with Crippen LogP contribution in [0.3, 0.4) is 0 Å². The Kier molecular flexibility index (Phi) is 4.12. The van der Waals surface area contributed by atoms with Gasteiger partial charge in [-0.1, -0.05) is 51.8 Å². The van der Waals surface area contributed by atoms with Crippen LogP contribution >= 0.6 is 15.9 Å². The third kappa shape index (κ3) is 3.46. The molecule has 2 aromatic rings. The largest absolute Gasteiger partial charge is 0.385 e. The Morgan fingerprint density at radius 1 is 1.11 bits per heavy atom. The summed E-state index contributed by atoms with van der Waals surface area (Å²) in [6.07, 6.45) is 0.608. The quantitative estimate of drug-likeness (QED) is 0.882. The average molecular weight is 319 g/mol. The molecule has 0 amide bonds. The topological polar surface area (TPSA) is 20.2 Å². The summed E-state index contributed by atoms with van der Waals surface area (Å²) in [6, 6.07) is 14.3. The van der Waals surface area contributed by atoms with E-state index in [1.54, 1.807) is 0 Å². The van der Waals surface area contributed by atoms with Crippen molar-refractivity contribution in [2.45, 2.75) is 32.8 Å². The Labute approximate surface area is 123 Å². The molecule has 0 aliphatic rings. The summed E-state index contributed by atoms with van der Waals surface area (Å²) in [6.45, 7) is 5.98. The van der Waals surface area contributed by atoms with Gasteiger partial charge in [-0.2, -0.15) is 0 Å². The molecule has 1 atom stereocenters. The second-order valence-electron chi connectivity index (χ2n) is 5.40. The van der Waals surface area contributed by atoms with Crippen LogP contribution in [0, 0.1) is 13.8 Å². The van der Waals surface area contributed by atoms with Crippen molar-refractivity contribution in [1.82, 2.24) is 0 Å². The van der Waals surface area contributed by atoms with Crippen molar-refractivity contribution in [2.24, 2.45) is 0 Å². The predicted octanol–water partition coefficient (Wildman–Crippen LogP) is 4.52. The number of rotatable bonds is 3. The van der Waals surface area contributed by atoms with Gasteiger partial charge in [0.05, 0.1) is 5.60 Å². The molecule has 2 aromatic carbocycles. The van der Waals surface area contributed by atoms with Crippen LogP contribution in [0.2, 0.25) is 0 Å². The van der Waals surface area contributed by atoms with Crippen molar-refractivity contribution >= 4 is 15.9 Å². The summed E-state index contributed by atoms with van der Waals surface area (Å²) >= 11 is 3.47. The molecule has 0 aromatic heterocycles. The van der Waals surface area contributed by atoms with Gasteiger partial charge in [-0.3, -0.25) is 0 Å². The molecule has 1 unspecified atom stereocenters. The van der Waals surface area contributed by atoms with Gasteiger partial charge in [0.2, 0.25) is 0 Å². The molecule has 0 fully saturated rings. The fourth-order valence-corrected chi connectivity index (χ4v) is 2.90. The molecule has 1 N–H and O–H groups in total. The van der Waals surface area contributed by atoms with Crippen LogP contribution in [0.4, 0.5) is 0 Å². The van der Waals surface area contributed by atoms with E-state index in [0.29, 0.717) is 6.42 Å².